The van der Waals surface area contributed by atoms with E-state index in [-0.39, 0.29) is 5.91 Å². The molecule has 1 N–H and O–H groups in total. The molecule has 0 radical (unpaired) electrons. The zero-order chi connectivity index (χ0) is 11.1. The standard InChI is InChI=1S/C10H20N2O2S/c1-15(14)8-5-11-9-10(13)12-6-3-2-4-7-12/h11H,2-9H2,1H3. The maximum absolute atomic E-state index is 11.6. The van der Waals surface area contributed by atoms with Crippen LogP contribution in [0.4, 0.5) is 0 Å². The van der Waals surface area contributed by atoms with Crippen LogP contribution in [0.3, 0.4) is 0 Å². The van der Waals surface area contributed by atoms with Gasteiger partial charge in [-0.25, -0.2) is 0 Å². The molecule has 1 unspecified atom stereocenters. The van der Waals surface area contributed by atoms with Gasteiger partial charge in [0.1, 0.15) is 0 Å². The van der Waals surface area contributed by atoms with Crippen LogP contribution < -0.4 is 5.32 Å². The highest BCUT2D eigenvalue weighted by Crippen LogP contribution is 2.07. The summed E-state index contributed by atoms with van der Waals surface area (Å²) in [5, 5.41) is 3.03. The van der Waals surface area contributed by atoms with Gasteiger partial charge < -0.3 is 10.2 Å². The number of rotatable bonds is 5. The molecule has 0 aliphatic carbocycles. The molecule has 1 aliphatic heterocycles. The van der Waals surface area contributed by atoms with Crippen LogP contribution in [0.15, 0.2) is 0 Å². The Morgan fingerprint density at radius 1 is 1.33 bits per heavy atom. The topological polar surface area (TPSA) is 49.4 Å². The number of hydrogen-bond donors (Lipinski definition) is 1. The molecule has 4 nitrogen and oxygen atoms in total. The van der Waals surface area contributed by atoms with Gasteiger partial charge in [0.05, 0.1) is 6.54 Å². The molecule has 0 aromatic rings. The maximum atomic E-state index is 11.6. The summed E-state index contributed by atoms with van der Waals surface area (Å²) in [5.74, 6) is 0.796. The van der Waals surface area contributed by atoms with Crippen molar-refractivity contribution in [1.82, 2.24) is 10.2 Å². The monoisotopic (exact) mass is 232 g/mol. The molecule has 88 valence electrons. The van der Waals surface area contributed by atoms with Gasteiger partial charge in [-0.1, -0.05) is 0 Å². The summed E-state index contributed by atoms with van der Waals surface area (Å²) in [6.45, 7) is 2.85. The SMILES string of the molecule is CS(=O)CCNCC(=O)N1CCCCC1. The first-order valence-corrected chi connectivity index (χ1v) is 7.21. The zero-order valence-electron chi connectivity index (χ0n) is 9.33. The quantitative estimate of drug-likeness (QED) is 0.677. The number of piperidine rings is 1. The molecule has 1 rings (SSSR count). The van der Waals surface area contributed by atoms with E-state index < -0.39 is 10.8 Å². The fourth-order valence-electron chi connectivity index (χ4n) is 1.67. The second kappa shape index (κ2) is 6.95. The second-order valence-electron chi connectivity index (χ2n) is 3.90. The largest absolute Gasteiger partial charge is 0.342 e. The van der Waals surface area contributed by atoms with Crippen molar-refractivity contribution in [3.8, 4) is 0 Å². The van der Waals surface area contributed by atoms with E-state index >= 15 is 0 Å². The Bertz CT molecular complexity index is 227. The lowest BCUT2D eigenvalue weighted by Crippen LogP contribution is -2.41. The number of likely N-dealkylation sites (tertiary alicyclic amines) is 1. The Hall–Kier alpha value is -0.420. The summed E-state index contributed by atoms with van der Waals surface area (Å²) in [5.41, 5.74) is 0. The predicted molar refractivity (Wildman–Crippen MR) is 62.2 cm³/mol. The van der Waals surface area contributed by atoms with Crippen LogP contribution in [0.1, 0.15) is 19.3 Å². The molecule has 15 heavy (non-hydrogen) atoms. The van der Waals surface area contributed by atoms with Crippen LogP contribution in [0.2, 0.25) is 0 Å². The molecule has 1 saturated heterocycles. The van der Waals surface area contributed by atoms with E-state index in [4.69, 9.17) is 0 Å². The van der Waals surface area contributed by atoms with Gasteiger partial charge >= 0.3 is 0 Å². The molecule has 1 fully saturated rings. The molecule has 0 aromatic carbocycles. The minimum Gasteiger partial charge on any atom is -0.342 e. The summed E-state index contributed by atoms with van der Waals surface area (Å²) < 4.78 is 10.8. The Balaban J connectivity index is 2.09. The van der Waals surface area contributed by atoms with Crippen LogP contribution in [0.5, 0.6) is 0 Å². The van der Waals surface area contributed by atoms with Gasteiger partial charge in [0.15, 0.2) is 0 Å². The lowest BCUT2D eigenvalue weighted by molar-refractivity contribution is -0.131. The number of hydrogen-bond acceptors (Lipinski definition) is 3. The first-order valence-electron chi connectivity index (χ1n) is 5.48. The molecule has 1 heterocycles. The summed E-state index contributed by atoms with van der Waals surface area (Å²) in [6, 6.07) is 0. The van der Waals surface area contributed by atoms with E-state index in [2.05, 4.69) is 5.32 Å². The molecule has 1 aliphatic rings. The molecule has 0 saturated carbocycles. The smallest absolute Gasteiger partial charge is 0.236 e. The molecule has 1 amide bonds. The average molecular weight is 232 g/mol. The van der Waals surface area contributed by atoms with E-state index in [1.165, 1.54) is 6.42 Å². The third-order valence-electron chi connectivity index (χ3n) is 2.55. The van der Waals surface area contributed by atoms with Gasteiger partial charge in [-0.2, -0.15) is 0 Å². The summed E-state index contributed by atoms with van der Waals surface area (Å²) in [4.78, 5) is 13.5. The molecule has 0 spiro atoms. The van der Waals surface area contributed by atoms with E-state index in [9.17, 15) is 9.00 Å². The number of carbonyl (C=O) groups excluding carboxylic acids is 1. The Kier molecular flexibility index (Phi) is 5.86. The van der Waals surface area contributed by atoms with Gasteiger partial charge in [-0.15, -0.1) is 0 Å². The molecule has 1 atom stereocenters. The minimum atomic E-state index is -0.772. The van der Waals surface area contributed by atoms with Crippen molar-refractivity contribution in [2.24, 2.45) is 0 Å². The van der Waals surface area contributed by atoms with Crippen LogP contribution in [0.25, 0.3) is 0 Å². The minimum absolute atomic E-state index is 0.177. The number of nitrogens with zero attached hydrogens (tertiary/aromatic N) is 1. The van der Waals surface area contributed by atoms with Crippen molar-refractivity contribution < 1.29 is 9.00 Å². The first kappa shape index (κ1) is 12.6. The van der Waals surface area contributed by atoms with Crippen molar-refractivity contribution in [1.29, 1.82) is 0 Å². The highest BCUT2D eigenvalue weighted by molar-refractivity contribution is 7.84. The van der Waals surface area contributed by atoms with E-state index in [0.717, 1.165) is 25.9 Å². The average Bonchev–Trinajstić information content (AvgIpc) is 2.25. The third kappa shape index (κ3) is 5.28. The third-order valence-corrected chi connectivity index (χ3v) is 3.33. The molecule has 0 bridgehead atoms. The van der Waals surface area contributed by atoms with Gasteiger partial charge in [0.25, 0.3) is 0 Å². The zero-order valence-corrected chi connectivity index (χ0v) is 10.1. The van der Waals surface area contributed by atoms with Crippen molar-refractivity contribution in [2.75, 3.05) is 38.2 Å². The van der Waals surface area contributed by atoms with Gasteiger partial charge in [0.2, 0.25) is 5.91 Å². The van der Waals surface area contributed by atoms with Crippen LogP contribution in [-0.2, 0) is 15.6 Å². The van der Waals surface area contributed by atoms with E-state index in [1.807, 2.05) is 4.90 Å². The molecule has 5 heteroatoms. The lowest BCUT2D eigenvalue weighted by atomic mass is 10.1. The normalized spacial score (nSPS) is 18.9. The van der Waals surface area contributed by atoms with Crippen LogP contribution >= 0.6 is 0 Å². The Morgan fingerprint density at radius 3 is 2.60 bits per heavy atom. The van der Waals surface area contributed by atoms with E-state index in [1.54, 1.807) is 6.26 Å². The van der Waals surface area contributed by atoms with Crippen molar-refractivity contribution >= 4 is 16.7 Å². The summed E-state index contributed by atoms with van der Waals surface area (Å²) >= 11 is 0. The second-order valence-corrected chi connectivity index (χ2v) is 5.45. The number of amides is 1. The van der Waals surface area contributed by atoms with Crippen molar-refractivity contribution in [2.45, 2.75) is 19.3 Å². The first-order chi connectivity index (χ1) is 7.20. The summed E-state index contributed by atoms with van der Waals surface area (Å²) in [6.07, 6.45) is 5.18. The molecule has 0 aromatic heterocycles. The molecular formula is C10H20N2O2S. The van der Waals surface area contributed by atoms with Crippen LogP contribution in [0, 0.1) is 0 Å². The van der Waals surface area contributed by atoms with Gasteiger partial charge in [0, 0.05) is 42.4 Å². The molecular weight excluding hydrogens is 212 g/mol. The fourth-order valence-corrected chi connectivity index (χ4v) is 2.10. The highest BCUT2D eigenvalue weighted by Gasteiger charge is 2.15. The highest BCUT2D eigenvalue weighted by atomic mass is 32.2. The van der Waals surface area contributed by atoms with Gasteiger partial charge in [-0.05, 0) is 19.3 Å². The van der Waals surface area contributed by atoms with Crippen LogP contribution in [-0.4, -0.2) is 53.2 Å². The van der Waals surface area contributed by atoms with E-state index in [0.29, 0.717) is 18.8 Å². The lowest BCUT2D eigenvalue weighted by Gasteiger charge is -2.26. The fraction of sp³-hybridized carbons (Fsp3) is 0.900. The number of nitrogens with one attached hydrogen (secondary N) is 1. The Morgan fingerprint density at radius 2 is 2.00 bits per heavy atom. The number of carbonyl (C=O) groups is 1. The Labute approximate surface area is 93.9 Å². The van der Waals surface area contributed by atoms with Crippen molar-refractivity contribution in [3.63, 3.8) is 0 Å². The van der Waals surface area contributed by atoms with Crippen molar-refractivity contribution in [3.05, 3.63) is 0 Å². The summed E-state index contributed by atoms with van der Waals surface area (Å²) in [7, 11) is -0.772. The predicted octanol–water partition coefficient (Wildman–Crippen LogP) is -0.0330. The maximum Gasteiger partial charge on any atom is 0.236 e. The van der Waals surface area contributed by atoms with Gasteiger partial charge in [-0.3, -0.25) is 9.00 Å².